The van der Waals surface area contributed by atoms with Crippen LogP contribution in [-0.2, 0) is 9.53 Å². The standard InChI is InChI=1S/C22H21N3O4/c26-22(21(17-8-3-1-4-9-17)18-10-5-2-6-11-18)29-15-7-14-23-20-13-12-19(16-24-20)25(27)28/h1-6,8-13,16,21H,7,14-15H2,(H,23,24). The predicted molar refractivity (Wildman–Crippen MR) is 110 cm³/mol. The molecular weight excluding hydrogens is 370 g/mol. The largest absolute Gasteiger partial charge is 0.465 e. The lowest BCUT2D eigenvalue weighted by atomic mass is 9.91. The number of rotatable bonds is 9. The van der Waals surface area contributed by atoms with Crippen LogP contribution in [0.1, 0.15) is 23.5 Å². The number of ether oxygens (including phenoxy) is 1. The van der Waals surface area contributed by atoms with Crippen LogP contribution in [-0.4, -0.2) is 29.0 Å². The highest BCUT2D eigenvalue weighted by Crippen LogP contribution is 2.26. The van der Waals surface area contributed by atoms with Crippen LogP contribution in [0.2, 0.25) is 0 Å². The number of nitro groups is 1. The summed E-state index contributed by atoms with van der Waals surface area (Å²) in [6.45, 7) is 0.786. The van der Waals surface area contributed by atoms with E-state index in [1.165, 1.54) is 12.3 Å². The van der Waals surface area contributed by atoms with Crippen LogP contribution in [0, 0.1) is 10.1 Å². The van der Waals surface area contributed by atoms with Gasteiger partial charge in [0.05, 0.1) is 11.5 Å². The van der Waals surface area contributed by atoms with Gasteiger partial charge in [0.15, 0.2) is 0 Å². The summed E-state index contributed by atoms with van der Waals surface area (Å²) < 4.78 is 5.51. The number of hydrogen-bond donors (Lipinski definition) is 1. The second-order valence-electron chi connectivity index (χ2n) is 6.36. The van der Waals surface area contributed by atoms with Gasteiger partial charge in [0, 0.05) is 12.6 Å². The lowest BCUT2D eigenvalue weighted by Gasteiger charge is -2.17. The summed E-state index contributed by atoms with van der Waals surface area (Å²) in [4.78, 5) is 26.9. The van der Waals surface area contributed by atoms with Crippen LogP contribution in [0.25, 0.3) is 0 Å². The molecule has 3 rings (SSSR count). The molecule has 0 amide bonds. The second-order valence-corrected chi connectivity index (χ2v) is 6.36. The molecule has 7 nitrogen and oxygen atoms in total. The molecule has 0 bridgehead atoms. The van der Waals surface area contributed by atoms with Crippen molar-refractivity contribution in [2.24, 2.45) is 0 Å². The van der Waals surface area contributed by atoms with Crippen molar-refractivity contribution < 1.29 is 14.5 Å². The average molecular weight is 391 g/mol. The number of pyridine rings is 1. The molecule has 0 atom stereocenters. The first-order chi connectivity index (χ1) is 14.1. The molecule has 148 valence electrons. The van der Waals surface area contributed by atoms with E-state index in [9.17, 15) is 14.9 Å². The maximum atomic E-state index is 12.8. The van der Waals surface area contributed by atoms with Gasteiger partial charge in [-0.3, -0.25) is 14.9 Å². The molecule has 0 unspecified atom stereocenters. The summed E-state index contributed by atoms with van der Waals surface area (Å²) in [6.07, 6.45) is 1.79. The molecule has 1 N–H and O–H groups in total. The molecule has 0 aliphatic heterocycles. The number of esters is 1. The molecule has 2 aromatic carbocycles. The van der Waals surface area contributed by atoms with Crippen molar-refractivity contribution in [1.82, 2.24) is 4.98 Å². The van der Waals surface area contributed by atoms with Crippen molar-refractivity contribution in [1.29, 1.82) is 0 Å². The van der Waals surface area contributed by atoms with E-state index in [2.05, 4.69) is 10.3 Å². The maximum absolute atomic E-state index is 12.8. The molecular formula is C22H21N3O4. The SMILES string of the molecule is O=C(OCCCNc1ccc([N+](=O)[O-])cn1)C(c1ccccc1)c1ccccc1. The number of anilines is 1. The van der Waals surface area contributed by atoms with E-state index < -0.39 is 10.8 Å². The fourth-order valence-electron chi connectivity index (χ4n) is 2.90. The van der Waals surface area contributed by atoms with E-state index in [0.717, 1.165) is 11.1 Å². The number of benzene rings is 2. The Balaban J connectivity index is 1.52. The van der Waals surface area contributed by atoms with Gasteiger partial charge in [0.2, 0.25) is 0 Å². The highest BCUT2D eigenvalue weighted by molar-refractivity contribution is 5.82. The maximum Gasteiger partial charge on any atom is 0.317 e. The van der Waals surface area contributed by atoms with E-state index in [4.69, 9.17) is 4.74 Å². The van der Waals surface area contributed by atoms with Gasteiger partial charge in [0.25, 0.3) is 5.69 Å². The third-order valence-electron chi connectivity index (χ3n) is 4.33. The van der Waals surface area contributed by atoms with Gasteiger partial charge in [-0.15, -0.1) is 0 Å². The van der Waals surface area contributed by atoms with Gasteiger partial charge in [0.1, 0.15) is 17.9 Å². The quantitative estimate of drug-likeness (QED) is 0.255. The Kier molecular flexibility index (Phi) is 6.89. The minimum Gasteiger partial charge on any atom is -0.465 e. The lowest BCUT2D eigenvalue weighted by Crippen LogP contribution is -2.19. The Morgan fingerprint density at radius 3 is 2.14 bits per heavy atom. The van der Waals surface area contributed by atoms with E-state index in [0.29, 0.717) is 18.8 Å². The zero-order valence-corrected chi connectivity index (χ0v) is 15.7. The first kappa shape index (κ1) is 20.0. The number of nitrogens with zero attached hydrogens (tertiary/aromatic N) is 2. The van der Waals surface area contributed by atoms with E-state index in [1.54, 1.807) is 6.07 Å². The minimum absolute atomic E-state index is 0.0580. The van der Waals surface area contributed by atoms with Crippen molar-refractivity contribution >= 4 is 17.5 Å². The fourth-order valence-corrected chi connectivity index (χ4v) is 2.90. The molecule has 0 saturated carbocycles. The molecule has 29 heavy (non-hydrogen) atoms. The topological polar surface area (TPSA) is 94.4 Å². The van der Waals surface area contributed by atoms with Gasteiger partial charge >= 0.3 is 5.97 Å². The summed E-state index contributed by atoms with van der Waals surface area (Å²) in [6, 6.07) is 22.0. The van der Waals surface area contributed by atoms with E-state index >= 15 is 0 Å². The Morgan fingerprint density at radius 1 is 1.00 bits per heavy atom. The Hall–Kier alpha value is -3.74. The average Bonchev–Trinajstić information content (AvgIpc) is 2.75. The van der Waals surface area contributed by atoms with Crippen LogP contribution in [0.3, 0.4) is 0 Å². The van der Waals surface area contributed by atoms with E-state index in [1.807, 2.05) is 60.7 Å². The first-order valence-corrected chi connectivity index (χ1v) is 9.26. The third-order valence-corrected chi connectivity index (χ3v) is 4.33. The van der Waals surface area contributed by atoms with Crippen LogP contribution >= 0.6 is 0 Å². The highest BCUT2D eigenvalue weighted by atomic mass is 16.6. The summed E-state index contributed by atoms with van der Waals surface area (Å²) in [5.41, 5.74) is 1.71. The van der Waals surface area contributed by atoms with Gasteiger partial charge < -0.3 is 10.1 Å². The second kappa shape index (κ2) is 9.98. The molecule has 0 saturated heterocycles. The monoisotopic (exact) mass is 391 g/mol. The lowest BCUT2D eigenvalue weighted by molar-refractivity contribution is -0.385. The van der Waals surface area contributed by atoms with Crippen molar-refractivity contribution in [2.45, 2.75) is 12.3 Å². The van der Waals surface area contributed by atoms with Gasteiger partial charge in [-0.1, -0.05) is 60.7 Å². The number of hydrogen-bond acceptors (Lipinski definition) is 6. The molecule has 1 heterocycles. The zero-order valence-electron chi connectivity index (χ0n) is 15.7. The van der Waals surface area contributed by atoms with Crippen LogP contribution in [0.4, 0.5) is 11.5 Å². The zero-order chi connectivity index (χ0) is 20.5. The Morgan fingerprint density at radius 2 is 1.62 bits per heavy atom. The van der Waals surface area contributed by atoms with Crippen molar-refractivity contribution in [2.75, 3.05) is 18.5 Å². The summed E-state index contributed by atoms with van der Waals surface area (Å²) >= 11 is 0. The molecule has 0 radical (unpaired) electrons. The number of aromatic nitrogens is 1. The van der Waals surface area contributed by atoms with Crippen molar-refractivity contribution in [3.8, 4) is 0 Å². The van der Waals surface area contributed by atoms with Gasteiger partial charge in [-0.05, 0) is 23.6 Å². The first-order valence-electron chi connectivity index (χ1n) is 9.26. The minimum atomic E-state index is -0.494. The van der Waals surface area contributed by atoms with Crippen molar-refractivity contribution in [3.05, 3.63) is 100 Å². The number of carbonyl (C=O) groups excluding carboxylic acids is 1. The van der Waals surface area contributed by atoms with Crippen molar-refractivity contribution in [3.63, 3.8) is 0 Å². The van der Waals surface area contributed by atoms with Gasteiger partial charge in [-0.25, -0.2) is 4.98 Å². The van der Waals surface area contributed by atoms with Crippen LogP contribution < -0.4 is 5.32 Å². The number of carbonyl (C=O) groups is 1. The van der Waals surface area contributed by atoms with Crippen LogP contribution in [0.5, 0.6) is 0 Å². The van der Waals surface area contributed by atoms with Gasteiger partial charge in [-0.2, -0.15) is 0 Å². The fraction of sp³-hybridized carbons (Fsp3) is 0.182. The normalized spacial score (nSPS) is 10.5. The molecule has 0 aliphatic carbocycles. The van der Waals surface area contributed by atoms with Crippen LogP contribution in [0.15, 0.2) is 79.0 Å². The Labute approximate surface area is 168 Å². The summed E-state index contributed by atoms with van der Waals surface area (Å²) in [7, 11) is 0. The predicted octanol–water partition coefficient (Wildman–Crippen LogP) is 4.17. The van der Waals surface area contributed by atoms with E-state index in [-0.39, 0.29) is 18.3 Å². The molecule has 3 aromatic rings. The smallest absolute Gasteiger partial charge is 0.317 e. The summed E-state index contributed by atoms with van der Waals surface area (Å²) in [5.74, 6) is -0.231. The Bertz CT molecular complexity index is 892. The highest BCUT2D eigenvalue weighted by Gasteiger charge is 2.23. The molecule has 0 fully saturated rings. The molecule has 0 spiro atoms. The summed E-state index contributed by atoms with van der Waals surface area (Å²) in [5, 5.41) is 13.7. The molecule has 1 aromatic heterocycles. The number of nitrogens with one attached hydrogen (secondary N) is 1. The molecule has 0 aliphatic rings. The molecule has 7 heteroatoms. The third kappa shape index (κ3) is 5.62.